The van der Waals surface area contributed by atoms with Crippen LogP contribution >= 0.6 is 0 Å². The van der Waals surface area contributed by atoms with Gasteiger partial charge in [0.05, 0.1) is 24.5 Å². The van der Waals surface area contributed by atoms with Crippen molar-refractivity contribution in [2.45, 2.75) is 26.4 Å². The fourth-order valence-corrected chi connectivity index (χ4v) is 1.66. The van der Waals surface area contributed by atoms with E-state index in [0.29, 0.717) is 5.92 Å². The van der Waals surface area contributed by atoms with Gasteiger partial charge in [-0.2, -0.15) is 0 Å². The summed E-state index contributed by atoms with van der Waals surface area (Å²) in [6.45, 7) is 4.90. The second-order valence-corrected chi connectivity index (χ2v) is 4.60. The SMILES string of the molecule is CC(C)C(N)c1cn(Cc2ccccc2)nn1. The molecule has 0 amide bonds. The Labute approximate surface area is 101 Å². The molecule has 2 N–H and O–H groups in total. The maximum absolute atomic E-state index is 6.03. The molecule has 0 aliphatic heterocycles. The van der Waals surface area contributed by atoms with Crippen LogP contribution in [0.25, 0.3) is 0 Å². The average molecular weight is 230 g/mol. The van der Waals surface area contributed by atoms with Crippen molar-refractivity contribution >= 4 is 0 Å². The Morgan fingerprint density at radius 2 is 1.94 bits per heavy atom. The minimum absolute atomic E-state index is 0.0421. The molecule has 0 bridgehead atoms. The Hall–Kier alpha value is -1.68. The van der Waals surface area contributed by atoms with E-state index < -0.39 is 0 Å². The van der Waals surface area contributed by atoms with Gasteiger partial charge in [0.1, 0.15) is 0 Å². The van der Waals surface area contributed by atoms with Crippen LogP contribution in [-0.2, 0) is 6.54 Å². The Morgan fingerprint density at radius 3 is 2.59 bits per heavy atom. The first kappa shape index (κ1) is 11.8. The van der Waals surface area contributed by atoms with Gasteiger partial charge in [0.15, 0.2) is 0 Å². The summed E-state index contributed by atoms with van der Waals surface area (Å²) in [7, 11) is 0. The molecule has 0 spiro atoms. The molecule has 4 nitrogen and oxygen atoms in total. The highest BCUT2D eigenvalue weighted by Crippen LogP contribution is 2.15. The van der Waals surface area contributed by atoms with Crippen molar-refractivity contribution < 1.29 is 0 Å². The molecule has 1 aromatic carbocycles. The van der Waals surface area contributed by atoms with Crippen molar-refractivity contribution in [1.29, 1.82) is 0 Å². The third-order valence-corrected chi connectivity index (χ3v) is 2.80. The average Bonchev–Trinajstić information content (AvgIpc) is 2.77. The minimum atomic E-state index is -0.0421. The smallest absolute Gasteiger partial charge is 0.0996 e. The lowest BCUT2D eigenvalue weighted by molar-refractivity contribution is 0.502. The molecule has 0 saturated heterocycles. The van der Waals surface area contributed by atoms with Crippen LogP contribution < -0.4 is 5.73 Å². The maximum atomic E-state index is 6.03. The van der Waals surface area contributed by atoms with Gasteiger partial charge in [-0.15, -0.1) is 5.10 Å². The quantitative estimate of drug-likeness (QED) is 0.873. The van der Waals surface area contributed by atoms with Gasteiger partial charge in [-0.3, -0.25) is 0 Å². The molecule has 1 atom stereocenters. The number of hydrogen-bond acceptors (Lipinski definition) is 3. The Morgan fingerprint density at radius 1 is 1.24 bits per heavy atom. The van der Waals surface area contributed by atoms with Crippen molar-refractivity contribution in [3.05, 3.63) is 47.8 Å². The Kier molecular flexibility index (Phi) is 3.54. The zero-order valence-corrected chi connectivity index (χ0v) is 10.2. The third-order valence-electron chi connectivity index (χ3n) is 2.80. The van der Waals surface area contributed by atoms with Crippen LogP contribution in [0.4, 0.5) is 0 Å². The molecule has 0 aliphatic rings. The van der Waals surface area contributed by atoms with Crippen molar-refractivity contribution in [3.8, 4) is 0 Å². The van der Waals surface area contributed by atoms with E-state index in [1.54, 1.807) is 0 Å². The molecule has 0 radical (unpaired) electrons. The van der Waals surface area contributed by atoms with Crippen LogP contribution in [0.15, 0.2) is 36.5 Å². The Bertz CT molecular complexity index is 461. The predicted octanol–water partition coefficient (Wildman–Crippen LogP) is 1.98. The normalized spacial score (nSPS) is 12.9. The number of rotatable bonds is 4. The highest BCUT2D eigenvalue weighted by Gasteiger charge is 2.14. The first-order chi connectivity index (χ1) is 8.16. The molecule has 4 heteroatoms. The second-order valence-electron chi connectivity index (χ2n) is 4.60. The number of hydrogen-bond donors (Lipinski definition) is 1. The van der Waals surface area contributed by atoms with Crippen LogP contribution in [0.5, 0.6) is 0 Å². The lowest BCUT2D eigenvalue weighted by Gasteiger charge is -2.11. The molecular weight excluding hydrogens is 212 g/mol. The summed E-state index contributed by atoms with van der Waals surface area (Å²) >= 11 is 0. The zero-order chi connectivity index (χ0) is 12.3. The van der Waals surface area contributed by atoms with Gasteiger partial charge in [-0.05, 0) is 11.5 Å². The number of nitrogens with zero attached hydrogens (tertiary/aromatic N) is 3. The summed E-state index contributed by atoms with van der Waals surface area (Å²) in [6, 6.07) is 10.2. The van der Waals surface area contributed by atoms with Crippen molar-refractivity contribution in [2.75, 3.05) is 0 Å². The molecule has 2 aromatic rings. The summed E-state index contributed by atoms with van der Waals surface area (Å²) in [5, 5.41) is 8.22. The molecule has 90 valence electrons. The predicted molar refractivity (Wildman–Crippen MR) is 67.3 cm³/mol. The van der Waals surface area contributed by atoms with E-state index in [4.69, 9.17) is 5.73 Å². The summed E-state index contributed by atoms with van der Waals surface area (Å²) in [6.07, 6.45) is 1.93. The van der Waals surface area contributed by atoms with Gasteiger partial charge in [0.25, 0.3) is 0 Å². The fourth-order valence-electron chi connectivity index (χ4n) is 1.66. The lowest BCUT2D eigenvalue weighted by Crippen LogP contribution is -2.17. The van der Waals surface area contributed by atoms with Crippen molar-refractivity contribution in [2.24, 2.45) is 11.7 Å². The maximum Gasteiger partial charge on any atom is 0.0996 e. The fraction of sp³-hybridized carbons (Fsp3) is 0.385. The standard InChI is InChI=1S/C13H18N4/c1-10(2)13(14)12-9-17(16-15-12)8-11-6-4-3-5-7-11/h3-7,9-10,13H,8,14H2,1-2H3. The van der Waals surface area contributed by atoms with E-state index in [1.165, 1.54) is 5.56 Å². The van der Waals surface area contributed by atoms with Crippen LogP contribution in [0, 0.1) is 5.92 Å². The highest BCUT2D eigenvalue weighted by atomic mass is 15.4. The molecule has 0 aliphatic carbocycles. The van der Waals surface area contributed by atoms with E-state index in [9.17, 15) is 0 Å². The number of benzene rings is 1. The minimum Gasteiger partial charge on any atom is -0.322 e. The topological polar surface area (TPSA) is 56.7 Å². The molecule has 1 unspecified atom stereocenters. The lowest BCUT2D eigenvalue weighted by atomic mass is 10.0. The van der Waals surface area contributed by atoms with Gasteiger partial charge < -0.3 is 5.73 Å². The first-order valence-corrected chi connectivity index (χ1v) is 5.86. The van der Waals surface area contributed by atoms with E-state index in [0.717, 1.165) is 12.2 Å². The number of nitrogens with two attached hydrogens (primary N) is 1. The molecule has 0 fully saturated rings. The first-order valence-electron chi connectivity index (χ1n) is 5.86. The second kappa shape index (κ2) is 5.10. The van der Waals surface area contributed by atoms with E-state index in [-0.39, 0.29) is 6.04 Å². The number of aromatic nitrogens is 3. The van der Waals surface area contributed by atoms with Crippen LogP contribution in [0.1, 0.15) is 31.1 Å². The van der Waals surface area contributed by atoms with Gasteiger partial charge in [0.2, 0.25) is 0 Å². The molecule has 1 aromatic heterocycles. The van der Waals surface area contributed by atoms with Crippen LogP contribution in [0.3, 0.4) is 0 Å². The van der Waals surface area contributed by atoms with Crippen molar-refractivity contribution in [1.82, 2.24) is 15.0 Å². The zero-order valence-electron chi connectivity index (χ0n) is 10.2. The molecular formula is C13H18N4. The summed E-state index contributed by atoms with van der Waals surface area (Å²) < 4.78 is 1.83. The molecule has 1 heterocycles. The summed E-state index contributed by atoms with van der Waals surface area (Å²) in [5.41, 5.74) is 8.10. The van der Waals surface area contributed by atoms with E-state index >= 15 is 0 Å². The molecule has 0 saturated carbocycles. The van der Waals surface area contributed by atoms with Gasteiger partial charge >= 0.3 is 0 Å². The monoisotopic (exact) mass is 230 g/mol. The van der Waals surface area contributed by atoms with Gasteiger partial charge in [0, 0.05) is 0 Å². The summed E-state index contributed by atoms with van der Waals surface area (Å²) in [4.78, 5) is 0. The third kappa shape index (κ3) is 2.91. The van der Waals surface area contributed by atoms with E-state index in [2.05, 4.69) is 36.3 Å². The summed E-state index contributed by atoms with van der Waals surface area (Å²) in [5.74, 6) is 0.372. The highest BCUT2D eigenvalue weighted by molar-refractivity contribution is 5.15. The molecule has 2 rings (SSSR count). The Balaban J connectivity index is 2.09. The largest absolute Gasteiger partial charge is 0.322 e. The van der Waals surface area contributed by atoms with Crippen LogP contribution in [0.2, 0.25) is 0 Å². The van der Waals surface area contributed by atoms with Gasteiger partial charge in [-0.25, -0.2) is 4.68 Å². The van der Waals surface area contributed by atoms with Crippen LogP contribution in [-0.4, -0.2) is 15.0 Å². The molecule has 17 heavy (non-hydrogen) atoms. The van der Waals surface area contributed by atoms with Crippen molar-refractivity contribution in [3.63, 3.8) is 0 Å². The van der Waals surface area contributed by atoms with E-state index in [1.807, 2.05) is 29.1 Å². The van der Waals surface area contributed by atoms with Gasteiger partial charge in [-0.1, -0.05) is 49.4 Å².